The highest BCUT2D eigenvalue weighted by atomic mass is 16.3. The van der Waals surface area contributed by atoms with Gasteiger partial charge in [0.15, 0.2) is 0 Å². The lowest BCUT2D eigenvalue weighted by Gasteiger charge is -2.05. The summed E-state index contributed by atoms with van der Waals surface area (Å²) in [5.41, 5.74) is 2.22. The third kappa shape index (κ3) is 4.43. The van der Waals surface area contributed by atoms with Gasteiger partial charge in [-0.3, -0.25) is 0 Å². The molecule has 0 spiro atoms. The van der Waals surface area contributed by atoms with Crippen LogP contribution in [0.3, 0.4) is 0 Å². The molecule has 0 bridgehead atoms. The van der Waals surface area contributed by atoms with E-state index in [1.165, 1.54) is 0 Å². The first-order chi connectivity index (χ1) is 12.4. The molecule has 0 fully saturated rings. The first kappa shape index (κ1) is 16.7. The summed E-state index contributed by atoms with van der Waals surface area (Å²) in [4.78, 5) is 8.15. The molecule has 5 nitrogen and oxygen atoms in total. The van der Waals surface area contributed by atoms with Gasteiger partial charge in [0.1, 0.15) is 5.82 Å². The van der Waals surface area contributed by atoms with E-state index < -0.39 is 0 Å². The molecule has 0 unspecified atom stereocenters. The maximum absolute atomic E-state index is 8.86. The highest BCUT2D eigenvalue weighted by Crippen LogP contribution is 2.10. The lowest BCUT2D eigenvalue weighted by Crippen LogP contribution is -2.02. The molecule has 0 radical (unpaired) electrons. The van der Waals surface area contributed by atoms with Crippen LogP contribution >= 0.6 is 0 Å². The molecule has 0 aliphatic rings. The molecule has 126 valence electrons. The average molecular weight is 332 g/mol. The van der Waals surface area contributed by atoms with Crippen LogP contribution in [0.1, 0.15) is 5.82 Å². The van der Waals surface area contributed by atoms with Crippen molar-refractivity contribution in [2.75, 3.05) is 6.61 Å². The van der Waals surface area contributed by atoms with Crippen molar-refractivity contribution in [1.29, 1.82) is 0 Å². The van der Waals surface area contributed by atoms with E-state index in [0.717, 1.165) is 17.2 Å². The van der Waals surface area contributed by atoms with Gasteiger partial charge in [0.2, 0.25) is 0 Å². The second-order valence-electron chi connectivity index (χ2n) is 5.33. The first-order valence-electron chi connectivity index (χ1n) is 8.10. The molecule has 0 aliphatic carbocycles. The van der Waals surface area contributed by atoms with E-state index in [4.69, 9.17) is 5.11 Å². The van der Waals surface area contributed by atoms with Crippen molar-refractivity contribution in [1.82, 2.24) is 19.1 Å². The molecule has 0 saturated carbocycles. The largest absolute Gasteiger partial charge is 0.396 e. The van der Waals surface area contributed by atoms with Gasteiger partial charge in [-0.2, -0.15) is 0 Å². The number of aliphatic hydroxyl groups is 1. The highest BCUT2D eigenvalue weighted by Gasteiger charge is 2.02. The predicted octanol–water partition coefficient (Wildman–Crippen LogP) is 3.28. The van der Waals surface area contributed by atoms with Crippen molar-refractivity contribution in [3.05, 3.63) is 97.6 Å². The summed E-state index contributed by atoms with van der Waals surface area (Å²) in [6, 6.07) is 20.1. The Kier molecular flexibility index (Phi) is 5.74. The Balaban J connectivity index is 0.000000150. The summed E-state index contributed by atoms with van der Waals surface area (Å²) in [5, 5.41) is 8.86. The Bertz CT molecular complexity index is 855. The normalized spacial score (nSPS) is 10.1. The number of hydrogen-bond donors (Lipinski definition) is 1. The highest BCUT2D eigenvalue weighted by molar-refractivity contribution is 5.33. The number of rotatable bonds is 4. The van der Waals surface area contributed by atoms with Gasteiger partial charge in [-0.1, -0.05) is 36.4 Å². The van der Waals surface area contributed by atoms with Gasteiger partial charge in [-0.25, -0.2) is 9.97 Å². The second kappa shape index (κ2) is 8.61. The van der Waals surface area contributed by atoms with Crippen molar-refractivity contribution >= 4 is 0 Å². The topological polar surface area (TPSA) is 55.9 Å². The molecule has 2 aromatic carbocycles. The van der Waals surface area contributed by atoms with Crippen LogP contribution in [0.4, 0.5) is 0 Å². The van der Waals surface area contributed by atoms with Gasteiger partial charge < -0.3 is 14.2 Å². The maximum Gasteiger partial charge on any atom is 0.115 e. The SMILES string of the molecule is OCCc1nccn1-c1ccccc1.c1ccc(-n2ccnc2)cc1. The van der Waals surface area contributed by atoms with Gasteiger partial charge in [0.25, 0.3) is 0 Å². The number of imidazole rings is 2. The van der Waals surface area contributed by atoms with Gasteiger partial charge in [0, 0.05) is 42.6 Å². The zero-order valence-electron chi connectivity index (χ0n) is 13.8. The summed E-state index contributed by atoms with van der Waals surface area (Å²) in [6.45, 7) is 0.129. The molecule has 1 N–H and O–H groups in total. The fourth-order valence-electron chi connectivity index (χ4n) is 2.45. The molecule has 0 amide bonds. The maximum atomic E-state index is 8.86. The van der Waals surface area contributed by atoms with Crippen LogP contribution in [0.15, 0.2) is 91.8 Å². The lowest BCUT2D eigenvalue weighted by molar-refractivity contribution is 0.296. The summed E-state index contributed by atoms with van der Waals surface area (Å²) < 4.78 is 3.95. The van der Waals surface area contributed by atoms with Crippen LogP contribution in [0.25, 0.3) is 11.4 Å². The quantitative estimate of drug-likeness (QED) is 0.624. The molecular formula is C20H20N4O. The molecular weight excluding hydrogens is 312 g/mol. The summed E-state index contributed by atoms with van der Waals surface area (Å²) in [6.07, 6.45) is 9.72. The zero-order chi connectivity index (χ0) is 17.3. The summed E-state index contributed by atoms with van der Waals surface area (Å²) >= 11 is 0. The lowest BCUT2D eigenvalue weighted by atomic mass is 10.3. The van der Waals surface area contributed by atoms with Gasteiger partial charge >= 0.3 is 0 Å². The van der Waals surface area contributed by atoms with Crippen molar-refractivity contribution < 1.29 is 5.11 Å². The molecule has 0 atom stereocenters. The monoisotopic (exact) mass is 332 g/mol. The van der Waals surface area contributed by atoms with Crippen LogP contribution in [-0.2, 0) is 6.42 Å². The molecule has 4 rings (SSSR count). The summed E-state index contributed by atoms with van der Waals surface area (Å²) in [7, 11) is 0. The number of aliphatic hydroxyl groups excluding tert-OH is 1. The third-order valence-corrected chi connectivity index (χ3v) is 3.65. The summed E-state index contributed by atoms with van der Waals surface area (Å²) in [5.74, 6) is 0.888. The Morgan fingerprint density at radius 2 is 1.48 bits per heavy atom. The Morgan fingerprint density at radius 1 is 0.800 bits per heavy atom. The average Bonchev–Trinajstić information content (AvgIpc) is 3.36. The molecule has 2 heterocycles. The molecule has 0 saturated heterocycles. The standard InChI is InChI=1S/C11H12N2O.C9H8N2/c14-9-6-11-12-7-8-13(11)10-4-2-1-3-5-10;1-2-4-9(5-3-1)11-7-6-10-8-11/h1-5,7-8,14H,6,9H2;1-8H. The third-order valence-electron chi connectivity index (χ3n) is 3.65. The fraction of sp³-hybridized carbons (Fsp3) is 0.100. The number of nitrogens with zero attached hydrogens (tertiary/aromatic N) is 4. The van der Waals surface area contributed by atoms with E-state index in [9.17, 15) is 0 Å². The van der Waals surface area contributed by atoms with Crippen molar-refractivity contribution in [2.24, 2.45) is 0 Å². The number of aromatic nitrogens is 4. The number of para-hydroxylation sites is 2. The first-order valence-corrected chi connectivity index (χ1v) is 8.10. The minimum atomic E-state index is 0.129. The Hall–Kier alpha value is -3.18. The zero-order valence-corrected chi connectivity index (χ0v) is 13.8. The van der Waals surface area contributed by atoms with E-state index in [0.29, 0.717) is 6.42 Å². The second-order valence-corrected chi connectivity index (χ2v) is 5.33. The van der Waals surface area contributed by atoms with E-state index in [1.54, 1.807) is 18.7 Å². The van der Waals surface area contributed by atoms with Crippen LogP contribution in [0.2, 0.25) is 0 Å². The number of hydrogen-bond acceptors (Lipinski definition) is 3. The van der Waals surface area contributed by atoms with Gasteiger partial charge in [-0.05, 0) is 24.3 Å². The Labute approximate surface area is 146 Å². The predicted molar refractivity (Wildman–Crippen MR) is 97.9 cm³/mol. The van der Waals surface area contributed by atoms with Gasteiger partial charge in [-0.15, -0.1) is 0 Å². The van der Waals surface area contributed by atoms with Crippen molar-refractivity contribution in [3.8, 4) is 11.4 Å². The minimum absolute atomic E-state index is 0.129. The molecule has 4 aromatic rings. The van der Waals surface area contributed by atoms with E-state index in [-0.39, 0.29) is 6.61 Å². The van der Waals surface area contributed by atoms with E-state index in [1.807, 2.05) is 82.2 Å². The smallest absolute Gasteiger partial charge is 0.115 e. The molecule has 25 heavy (non-hydrogen) atoms. The van der Waals surface area contributed by atoms with E-state index in [2.05, 4.69) is 9.97 Å². The number of benzene rings is 2. The molecule has 5 heteroatoms. The minimum Gasteiger partial charge on any atom is -0.396 e. The van der Waals surface area contributed by atoms with Crippen molar-refractivity contribution in [2.45, 2.75) is 6.42 Å². The van der Waals surface area contributed by atoms with Crippen molar-refractivity contribution in [3.63, 3.8) is 0 Å². The van der Waals surface area contributed by atoms with Crippen LogP contribution in [0, 0.1) is 0 Å². The van der Waals surface area contributed by atoms with Gasteiger partial charge in [0.05, 0.1) is 12.9 Å². The van der Waals surface area contributed by atoms with Crippen LogP contribution < -0.4 is 0 Å². The Morgan fingerprint density at radius 3 is 2.08 bits per heavy atom. The van der Waals surface area contributed by atoms with E-state index >= 15 is 0 Å². The van der Waals surface area contributed by atoms with Crippen LogP contribution in [0.5, 0.6) is 0 Å². The molecule has 0 aliphatic heterocycles. The fourth-order valence-corrected chi connectivity index (χ4v) is 2.45. The van der Waals surface area contributed by atoms with Crippen LogP contribution in [-0.4, -0.2) is 30.8 Å². The molecule has 2 aromatic heterocycles.